The number of carbonyl (C=O) groups excluding carboxylic acids is 1. The molecule has 2 aromatic heterocycles. The summed E-state index contributed by atoms with van der Waals surface area (Å²) in [5.41, 5.74) is 8.98. The van der Waals surface area contributed by atoms with Crippen molar-refractivity contribution in [3.63, 3.8) is 0 Å². The quantitative estimate of drug-likeness (QED) is 0.198. The van der Waals surface area contributed by atoms with Crippen molar-refractivity contribution in [1.29, 1.82) is 0 Å². The summed E-state index contributed by atoms with van der Waals surface area (Å²) in [5.74, 6) is -2.57. The van der Waals surface area contributed by atoms with Gasteiger partial charge in [-0.15, -0.1) is 12.6 Å². The van der Waals surface area contributed by atoms with Crippen LogP contribution in [0.4, 0.5) is 5.82 Å². The van der Waals surface area contributed by atoms with Gasteiger partial charge in [-0.2, -0.15) is 0 Å². The van der Waals surface area contributed by atoms with Crippen molar-refractivity contribution >= 4 is 47.3 Å². The van der Waals surface area contributed by atoms with E-state index in [-0.39, 0.29) is 12.8 Å². The number of nitrogens with two attached hydrogens (primary N) is 1. The van der Waals surface area contributed by atoms with Crippen LogP contribution in [0.1, 0.15) is 40.7 Å². The molecule has 0 spiro atoms. The van der Waals surface area contributed by atoms with Gasteiger partial charge in [0, 0.05) is 18.2 Å². The average Bonchev–Trinajstić information content (AvgIpc) is 3.14. The third kappa shape index (κ3) is 5.76. The van der Waals surface area contributed by atoms with Gasteiger partial charge < -0.3 is 26.2 Å². The van der Waals surface area contributed by atoms with Gasteiger partial charge in [0.05, 0.1) is 5.39 Å². The fourth-order valence-corrected chi connectivity index (χ4v) is 3.59. The van der Waals surface area contributed by atoms with E-state index in [4.69, 9.17) is 15.9 Å². The zero-order valence-corrected chi connectivity index (χ0v) is 17.9. The number of nitrogen functional groups attached to an aromatic ring is 1. The summed E-state index contributed by atoms with van der Waals surface area (Å²) < 4.78 is 0. The summed E-state index contributed by atoms with van der Waals surface area (Å²) in [7, 11) is 0. The lowest BCUT2D eigenvalue weighted by Gasteiger charge is -2.13. The molecule has 6 N–H and O–H groups in total. The summed E-state index contributed by atoms with van der Waals surface area (Å²) in [6.07, 6.45) is 3.67. The zero-order valence-electron chi connectivity index (χ0n) is 17.0. The summed E-state index contributed by atoms with van der Waals surface area (Å²) in [6, 6.07) is 5.59. The number of anilines is 1. The van der Waals surface area contributed by atoms with Gasteiger partial charge in [-0.3, -0.25) is 9.59 Å². The minimum Gasteiger partial charge on any atom is -0.481 e. The number of amides is 1. The van der Waals surface area contributed by atoms with Crippen molar-refractivity contribution in [3.05, 3.63) is 47.2 Å². The molecule has 0 saturated carbocycles. The van der Waals surface area contributed by atoms with Crippen LogP contribution in [0.15, 0.2) is 35.6 Å². The molecule has 0 radical (unpaired) electrons. The Labute approximate surface area is 188 Å². The Morgan fingerprint density at radius 1 is 1.12 bits per heavy atom. The van der Waals surface area contributed by atoms with E-state index in [0.29, 0.717) is 22.2 Å². The number of benzene rings is 1. The maximum atomic E-state index is 12.3. The lowest BCUT2D eigenvalue weighted by atomic mass is 10.0. The van der Waals surface area contributed by atoms with Crippen molar-refractivity contribution in [3.8, 4) is 0 Å². The highest BCUT2D eigenvalue weighted by atomic mass is 32.1. The highest BCUT2D eigenvalue weighted by molar-refractivity contribution is 7.80. The summed E-state index contributed by atoms with van der Waals surface area (Å²) in [5, 5.41) is 21.3. The minimum absolute atomic E-state index is 0.187. The van der Waals surface area contributed by atoms with Crippen LogP contribution in [0.5, 0.6) is 0 Å². The van der Waals surface area contributed by atoms with Crippen LogP contribution in [0.25, 0.3) is 11.0 Å². The van der Waals surface area contributed by atoms with Gasteiger partial charge >= 0.3 is 11.9 Å². The Morgan fingerprint density at radius 3 is 2.50 bits per heavy atom. The second kappa shape index (κ2) is 10.1. The summed E-state index contributed by atoms with van der Waals surface area (Å²) in [6.45, 7) is 0. The van der Waals surface area contributed by atoms with Crippen molar-refractivity contribution in [2.75, 3.05) is 5.73 Å². The Bertz CT molecular complexity index is 1150. The highest BCUT2D eigenvalue weighted by Gasteiger charge is 2.21. The molecule has 3 rings (SSSR count). The van der Waals surface area contributed by atoms with E-state index in [0.717, 1.165) is 35.8 Å². The first-order chi connectivity index (χ1) is 15.2. The van der Waals surface area contributed by atoms with E-state index in [9.17, 15) is 14.4 Å². The number of aromatic nitrogens is 3. The van der Waals surface area contributed by atoms with Crippen molar-refractivity contribution in [2.45, 2.75) is 43.3 Å². The van der Waals surface area contributed by atoms with Gasteiger partial charge in [0.2, 0.25) is 0 Å². The molecule has 0 aliphatic heterocycles. The van der Waals surface area contributed by atoms with Crippen LogP contribution in [0.2, 0.25) is 0 Å². The number of aliphatic carboxylic acids is 2. The van der Waals surface area contributed by atoms with Gasteiger partial charge in [-0.25, -0.2) is 14.8 Å². The van der Waals surface area contributed by atoms with Crippen molar-refractivity contribution in [2.24, 2.45) is 0 Å². The number of thiol groups is 1. The standard InChI is InChI=1S/C21H23N5O5S/c22-17-16-13(10-23-18(16)26-21(32)25-17)3-1-2-11-4-6-12(7-5-11)19(29)24-14(20(30)31)8-9-15(27)28/h4-7,10,14H,1-3,8-9H2,(H,24,29)(H,27,28)(H,30,31)(H4,22,23,25,26,32)/t14-/m0/s1. The molecule has 1 atom stereocenters. The monoisotopic (exact) mass is 457 g/mol. The second-order valence-electron chi connectivity index (χ2n) is 7.29. The molecule has 0 fully saturated rings. The van der Waals surface area contributed by atoms with Crippen LogP contribution in [0.3, 0.4) is 0 Å². The zero-order chi connectivity index (χ0) is 23.3. The molecule has 1 aromatic carbocycles. The molecular weight excluding hydrogens is 434 g/mol. The molecule has 0 saturated heterocycles. The largest absolute Gasteiger partial charge is 0.481 e. The van der Waals surface area contributed by atoms with Gasteiger partial charge in [0.1, 0.15) is 17.5 Å². The Kier molecular flexibility index (Phi) is 7.31. The molecule has 0 aliphatic rings. The number of aromatic amines is 1. The molecule has 0 unspecified atom stereocenters. The Hall–Kier alpha value is -3.60. The van der Waals surface area contributed by atoms with Gasteiger partial charge in [0.15, 0.2) is 5.16 Å². The SMILES string of the molecule is Nc1nc(S)nc2[nH]cc(CCCc3ccc(C(=O)N[C@@H](CCC(=O)O)C(=O)O)cc3)c12. The van der Waals surface area contributed by atoms with E-state index >= 15 is 0 Å². The smallest absolute Gasteiger partial charge is 0.326 e. The Balaban J connectivity index is 1.56. The number of rotatable bonds is 10. The number of nitrogens with one attached hydrogen (secondary N) is 2. The first-order valence-corrected chi connectivity index (χ1v) is 10.4. The molecule has 3 aromatic rings. The number of hydrogen-bond acceptors (Lipinski definition) is 7. The lowest BCUT2D eigenvalue weighted by Crippen LogP contribution is -2.41. The van der Waals surface area contributed by atoms with Crippen LogP contribution < -0.4 is 11.1 Å². The van der Waals surface area contributed by atoms with E-state index in [1.807, 2.05) is 18.3 Å². The van der Waals surface area contributed by atoms with Gasteiger partial charge in [0.25, 0.3) is 5.91 Å². The maximum absolute atomic E-state index is 12.3. The summed E-state index contributed by atoms with van der Waals surface area (Å²) >= 11 is 4.12. The van der Waals surface area contributed by atoms with Crippen molar-refractivity contribution < 1.29 is 24.6 Å². The molecule has 10 nitrogen and oxygen atoms in total. The van der Waals surface area contributed by atoms with E-state index in [1.54, 1.807) is 12.1 Å². The fourth-order valence-electron chi connectivity index (χ4n) is 3.38. The number of H-pyrrole nitrogens is 1. The molecule has 32 heavy (non-hydrogen) atoms. The Morgan fingerprint density at radius 2 is 1.84 bits per heavy atom. The predicted octanol–water partition coefficient (Wildman–Crippen LogP) is 2.05. The average molecular weight is 458 g/mol. The number of carboxylic acid groups (broad SMARTS) is 2. The minimum atomic E-state index is -1.27. The fraction of sp³-hybridized carbons (Fsp3) is 0.286. The van der Waals surface area contributed by atoms with Gasteiger partial charge in [-0.05, 0) is 48.9 Å². The van der Waals surface area contributed by atoms with E-state index in [1.165, 1.54) is 0 Å². The third-order valence-electron chi connectivity index (χ3n) is 5.01. The number of nitrogens with zero attached hydrogens (tertiary/aromatic N) is 2. The van der Waals surface area contributed by atoms with Crippen LogP contribution in [-0.2, 0) is 22.4 Å². The number of aryl methyl sites for hydroxylation is 2. The van der Waals surface area contributed by atoms with Crippen molar-refractivity contribution in [1.82, 2.24) is 20.3 Å². The predicted molar refractivity (Wildman–Crippen MR) is 120 cm³/mol. The molecule has 168 valence electrons. The van der Waals surface area contributed by atoms with Crippen LogP contribution >= 0.6 is 12.6 Å². The van der Waals surface area contributed by atoms with E-state index in [2.05, 4.69) is 32.9 Å². The maximum Gasteiger partial charge on any atom is 0.326 e. The first kappa shape index (κ1) is 23.1. The van der Waals surface area contributed by atoms with Crippen LogP contribution in [0, 0.1) is 0 Å². The third-order valence-corrected chi connectivity index (χ3v) is 5.21. The van der Waals surface area contributed by atoms with E-state index < -0.39 is 23.9 Å². The number of carbonyl (C=O) groups is 3. The highest BCUT2D eigenvalue weighted by Crippen LogP contribution is 2.24. The number of fused-ring (bicyclic) bond motifs is 1. The molecular formula is C21H23N5O5S. The van der Waals surface area contributed by atoms with Gasteiger partial charge in [-0.1, -0.05) is 12.1 Å². The lowest BCUT2D eigenvalue weighted by molar-refractivity contribution is -0.140. The molecule has 0 aliphatic carbocycles. The first-order valence-electron chi connectivity index (χ1n) is 9.91. The second-order valence-corrected chi connectivity index (χ2v) is 7.69. The number of carboxylic acids is 2. The molecule has 11 heteroatoms. The normalized spacial score (nSPS) is 11.9. The molecule has 2 heterocycles. The topological polar surface area (TPSA) is 171 Å². The summed E-state index contributed by atoms with van der Waals surface area (Å²) in [4.78, 5) is 45.6. The number of hydrogen-bond donors (Lipinski definition) is 6. The molecule has 0 bridgehead atoms. The molecule has 1 amide bonds. The van der Waals surface area contributed by atoms with Crippen LogP contribution in [-0.4, -0.2) is 49.1 Å².